The molecule has 0 aromatic carbocycles. The summed E-state index contributed by atoms with van der Waals surface area (Å²) in [5.74, 6) is 2.20. The molecular weight excluding hydrogens is 150 g/mol. The SMILES string of the molecule is CCC1C2CC(C(=O)N1C)C2C. The molecule has 1 saturated carbocycles. The minimum atomic E-state index is 0.364. The molecule has 1 amide bonds. The zero-order chi connectivity index (χ0) is 8.88. The van der Waals surface area contributed by atoms with Crippen molar-refractivity contribution in [3.63, 3.8) is 0 Å². The van der Waals surface area contributed by atoms with Crippen LogP contribution < -0.4 is 0 Å². The van der Waals surface area contributed by atoms with Crippen LogP contribution in [0.1, 0.15) is 26.7 Å². The third-order valence-electron chi connectivity index (χ3n) is 3.91. The average Bonchev–Trinajstić information content (AvgIpc) is 2.07. The van der Waals surface area contributed by atoms with Gasteiger partial charge in [-0.15, -0.1) is 0 Å². The highest BCUT2D eigenvalue weighted by molar-refractivity contribution is 5.82. The minimum absolute atomic E-state index is 0.364. The molecule has 68 valence electrons. The Morgan fingerprint density at radius 1 is 1.58 bits per heavy atom. The topological polar surface area (TPSA) is 20.3 Å². The Balaban J connectivity index is 2.19. The van der Waals surface area contributed by atoms with E-state index in [4.69, 9.17) is 0 Å². The Labute approximate surface area is 73.9 Å². The van der Waals surface area contributed by atoms with Gasteiger partial charge in [0.05, 0.1) is 0 Å². The zero-order valence-corrected chi connectivity index (χ0v) is 8.08. The van der Waals surface area contributed by atoms with Crippen LogP contribution in [0.15, 0.2) is 0 Å². The van der Waals surface area contributed by atoms with Crippen molar-refractivity contribution in [1.29, 1.82) is 0 Å². The van der Waals surface area contributed by atoms with Crippen LogP contribution in [0.3, 0.4) is 0 Å². The number of piperidine rings is 2. The number of amides is 1. The first kappa shape index (κ1) is 8.09. The molecule has 2 heteroatoms. The van der Waals surface area contributed by atoms with Gasteiger partial charge in [-0.05, 0) is 24.7 Å². The number of fused-ring (bicyclic) bond motifs is 2. The van der Waals surface area contributed by atoms with Gasteiger partial charge in [0.2, 0.25) is 5.91 Å². The molecule has 2 saturated heterocycles. The van der Waals surface area contributed by atoms with Gasteiger partial charge < -0.3 is 4.90 Å². The van der Waals surface area contributed by atoms with Crippen molar-refractivity contribution in [2.24, 2.45) is 17.8 Å². The molecular formula is C10H17NO. The fourth-order valence-electron chi connectivity index (χ4n) is 2.95. The highest BCUT2D eigenvalue weighted by Crippen LogP contribution is 2.49. The number of rotatable bonds is 1. The standard InChI is InChI=1S/C10H17NO/c1-4-9-7-5-8(6(7)2)10(12)11(9)3/h6-9H,4-5H2,1-3H3. The van der Waals surface area contributed by atoms with E-state index in [9.17, 15) is 4.79 Å². The highest BCUT2D eigenvalue weighted by Gasteiger charge is 2.52. The monoisotopic (exact) mass is 167 g/mol. The van der Waals surface area contributed by atoms with Gasteiger partial charge in [0.1, 0.15) is 0 Å². The van der Waals surface area contributed by atoms with Crippen LogP contribution in [0, 0.1) is 17.8 Å². The summed E-state index contributed by atoms with van der Waals surface area (Å²) >= 11 is 0. The summed E-state index contributed by atoms with van der Waals surface area (Å²) in [5, 5.41) is 0. The normalized spacial score (nSPS) is 45.9. The predicted molar refractivity (Wildman–Crippen MR) is 47.6 cm³/mol. The van der Waals surface area contributed by atoms with E-state index in [0.29, 0.717) is 23.8 Å². The predicted octanol–water partition coefficient (Wildman–Crippen LogP) is 1.51. The number of carbonyl (C=O) groups is 1. The molecule has 3 rings (SSSR count). The van der Waals surface area contributed by atoms with Gasteiger partial charge >= 0.3 is 0 Å². The first-order valence-corrected chi connectivity index (χ1v) is 4.93. The molecule has 2 bridgehead atoms. The van der Waals surface area contributed by atoms with Crippen LogP contribution in [0.4, 0.5) is 0 Å². The van der Waals surface area contributed by atoms with Crippen molar-refractivity contribution in [2.45, 2.75) is 32.7 Å². The minimum Gasteiger partial charge on any atom is -0.342 e. The van der Waals surface area contributed by atoms with Gasteiger partial charge in [-0.25, -0.2) is 0 Å². The molecule has 0 N–H and O–H groups in total. The highest BCUT2D eigenvalue weighted by atomic mass is 16.2. The fourth-order valence-corrected chi connectivity index (χ4v) is 2.95. The summed E-state index contributed by atoms with van der Waals surface area (Å²) in [5.41, 5.74) is 0. The second-order valence-corrected chi connectivity index (χ2v) is 4.29. The summed E-state index contributed by atoms with van der Waals surface area (Å²) in [4.78, 5) is 13.6. The zero-order valence-electron chi connectivity index (χ0n) is 8.08. The first-order valence-electron chi connectivity index (χ1n) is 4.93. The Morgan fingerprint density at radius 3 is 2.75 bits per heavy atom. The quantitative estimate of drug-likeness (QED) is 0.579. The van der Waals surface area contributed by atoms with E-state index in [2.05, 4.69) is 13.8 Å². The lowest BCUT2D eigenvalue weighted by atomic mass is 9.58. The summed E-state index contributed by atoms with van der Waals surface area (Å²) in [6.07, 6.45) is 2.27. The summed E-state index contributed by atoms with van der Waals surface area (Å²) < 4.78 is 0. The van der Waals surface area contributed by atoms with Crippen molar-refractivity contribution in [3.8, 4) is 0 Å². The van der Waals surface area contributed by atoms with Gasteiger partial charge in [-0.2, -0.15) is 0 Å². The second kappa shape index (κ2) is 2.48. The number of carbonyl (C=O) groups excluding carboxylic acids is 1. The van der Waals surface area contributed by atoms with Crippen LogP contribution in [-0.2, 0) is 4.79 Å². The van der Waals surface area contributed by atoms with E-state index >= 15 is 0 Å². The van der Waals surface area contributed by atoms with Crippen molar-refractivity contribution in [3.05, 3.63) is 0 Å². The summed E-state index contributed by atoms with van der Waals surface area (Å²) in [7, 11) is 1.96. The molecule has 0 aromatic heterocycles. The van der Waals surface area contributed by atoms with Crippen molar-refractivity contribution in [2.75, 3.05) is 7.05 Å². The lowest BCUT2D eigenvalue weighted by Gasteiger charge is -2.55. The van der Waals surface area contributed by atoms with Gasteiger partial charge in [0.15, 0.2) is 0 Å². The van der Waals surface area contributed by atoms with Crippen molar-refractivity contribution >= 4 is 5.91 Å². The molecule has 0 aromatic rings. The maximum absolute atomic E-state index is 11.7. The fraction of sp³-hybridized carbons (Fsp3) is 0.900. The maximum Gasteiger partial charge on any atom is 0.225 e. The molecule has 3 fully saturated rings. The van der Waals surface area contributed by atoms with Crippen LogP contribution >= 0.6 is 0 Å². The Kier molecular flexibility index (Phi) is 1.67. The number of nitrogens with zero attached hydrogens (tertiary/aromatic N) is 1. The molecule has 12 heavy (non-hydrogen) atoms. The second-order valence-electron chi connectivity index (χ2n) is 4.29. The smallest absolute Gasteiger partial charge is 0.225 e. The number of hydrogen-bond donors (Lipinski definition) is 0. The molecule has 2 nitrogen and oxygen atoms in total. The maximum atomic E-state index is 11.7. The lowest BCUT2D eigenvalue weighted by Crippen LogP contribution is -2.61. The van der Waals surface area contributed by atoms with Crippen molar-refractivity contribution in [1.82, 2.24) is 4.90 Å². The third kappa shape index (κ3) is 0.782. The molecule has 1 aliphatic carbocycles. The van der Waals surface area contributed by atoms with Gasteiger partial charge in [0, 0.05) is 19.0 Å². The Hall–Kier alpha value is -0.530. The lowest BCUT2D eigenvalue weighted by molar-refractivity contribution is -0.162. The van der Waals surface area contributed by atoms with E-state index in [-0.39, 0.29) is 0 Å². The summed E-state index contributed by atoms with van der Waals surface area (Å²) in [6.45, 7) is 4.41. The number of hydrogen-bond acceptors (Lipinski definition) is 1. The largest absolute Gasteiger partial charge is 0.342 e. The van der Waals surface area contributed by atoms with Gasteiger partial charge in [0.25, 0.3) is 0 Å². The van der Waals surface area contributed by atoms with Crippen LogP contribution in [-0.4, -0.2) is 23.9 Å². The molecule has 2 heterocycles. The Morgan fingerprint density at radius 2 is 2.25 bits per heavy atom. The Bertz CT molecular complexity index is 214. The molecule has 4 atom stereocenters. The molecule has 4 unspecified atom stereocenters. The van der Waals surface area contributed by atoms with E-state index in [1.807, 2.05) is 11.9 Å². The third-order valence-corrected chi connectivity index (χ3v) is 3.91. The van der Waals surface area contributed by atoms with E-state index in [1.165, 1.54) is 0 Å². The van der Waals surface area contributed by atoms with Crippen LogP contribution in [0.5, 0.6) is 0 Å². The first-order chi connectivity index (χ1) is 5.66. The summed E-state index contributed by atoms with van der Waals surface area (Å²) in [6, 6.07) is 0.525. The van der Waals surface area contributed by atoms with Gasteiger partial charge in [-0.1, -0.05) is 13.8 Å². The average molecular weight is 167 g/mol. The van der Waals surface area contributed by atoms with Crippen molar-refractivity contribution < 1.29 is 4.79 Å². The van der Waals surface area contributed by atoms with Gasteiger partial charge in [-0.3, -0.25) is 4.79 Å². The molecule has 2 aliphatic heterocycles. The van der Waals surface area contributed by atoms with E-state index in [1.54, 1.807) is 0 Å². The van der Waals surface area contributed by atoms with E-state index < -0.39 is 0 Å². The van der Waals surface area contributed by atoms with E-state index in [0.717, 1.165) is 18.8 Å². The molecule has 0 spiro atoms. The molecule has 0 radical (unpaired) electrons. The van der Waals surface area contributed by atoms with Crippen LogP contribution in [0.25, 0.3) is 0 Å². The molecule has 3 aliphatic rings. The van der Waals surface area contributed by atoms with Crippen LogP contribution in [0.2, 0.25) is 0 Å².